The van der Waals surface area contributed by atoms with Crippen molar-refractivity contribution < 1.29 is 4.68 Å². The Labute approximate surface area is 109 Å². The van der Waals surface area contributed by atoms with Gasteiger partial charge in [0.05, 0.1) is 0 Å². The average molecular weight is 259 g/mol. The van der Waals surface area contributed by atoms with E-state index in [0.717, 1.165) is 10.6 Å². The zero-order valence-electron chi connectivity index (χ0n) is 10.7. The van der Waals surface area contributed by atoms with Crippen LogP contribution in [0.2, 0.25) is 0 Å². The summed E-state index contributed by atoms with van der Waals surface area (Å²) in [4.78, 5) is 1.03. The van der Waals surface area contributed by atoms with E-state index in [1.165, 1.54) is 5.69 Å². The van der Waals surface area contributed by atoms with Gasteiger partial charge in [-0.2, -0.15) is 0 Å². The Bertz CT molecular complexity index is 676. The molecule has 0 bridgehead atoms. The molecule has 0 atom stereocenters. The van der Waals surface area contributed by atoms with E-state index in [2.05, 4.69) is 36.6 Å². The van der Waals surface area contributed by atoms with E-state index in [1.54, 1.807) is 11.3 Å². The number of fused-ring (bicyclic) bond motifs is 1. The van der Waals surface area contributed by atoms with Crippen LogP contribution in [0.5, 0.6) is 0 Å². The van der Waals surface area contributed by atoms with Gasteiger partial charge in [0, 0.05) is 10.8 Å². The largest absolute Gasteiger partial charge is 0.350 e. The van der Waals surface area contributed by atoms with Crippen LogP contribution < -0.4 is 4.68 Å². The van der Waals surface area contributed by atoms with Gasteiger partial charge in [-0.3, -0.25) is 0 Å². The molecular weight excluding hydrogens is 244 g/mol. The van der Waals surface area contributed by atoms with Crippen molar-refractivity contribution in [2.75, 3.05) is 0 Å². The van der Waals surface area contributed by atoms with Gasteiger partial charge >= 0.3 is 4.96 Å². The van der Waals surface area contributed by atoms with E-state index in [1.807, 2.05) is 39.5 Å². The van der Waals surface area contributed by atoms with Crippen LogP contribution in [0.25, 0.3) is 10.6 Å². The first-order valence-electron chi connectivity index (χ1n) is 5.88. The zero-order valence-corrected chi connectivity index (χ0v) is 11.5. The lowest BCUT2D eigenvalue weighted by Crippen LogP contribution is -2.32. The normalized spacial score (nSPS) is 12.2. The summed E-state index contributed by atoms with van der Waals surface area (Å²) in [5.41, 5.74) is 2.29. The molecule has 2 heterocycles. The van der Waals surface area contributed by atoms with Crippen molar-refractivity contribution in [1.29, 1.82) is 0 Å². The quantitative estimate of drug-likeness (QED) is 0.629. The average Bonchev–Trinajstić information content (AvgIpc) is 2.88. The molecule has 0 N–H and O–H groups in total. The van der Waals surface area contributed by atoms with Gasteiger partial charge < -0.3 is 0 Å². The van der Waals surface area contributed by atoms with Crippen molar-refractivity contribution in [3.05, 3.63) is 41.4 Å². The van der Waals surface area contributed by atoms with Gasteiger partial charge in [0.25, 0.3) is 0 Å². The maximum Gasteiger partial charge on any atom is 0.350 e. The number of hydrogen-bond donors (Lipinski definition) is 0. The van der Waals surface area contributed by atoms with Gasteiger partial charge in [-0.25, -0.2) is 0 Å². The van der Waals surface area contributed by atoms with Crippen LogP contribution in [0.15, 0.2) is 35.7 Å². The zero-order chi connectivity index (χ0) is 12.8. The number of tetrazole rings is 1. The van der Waals surface area contributed by atoms with Gasteiger partial charge in [-0.15, -0.1) is 0 Å². The number of aromatic nitrogens is 4. The van der Waals surface area contributed by atoms with E-state index in [4.69, 9.17) is 0 Å². The molecule has 0 spiro atoms. The predicted molar refractivity (Wildman–Crippen MR) is 71.1 cm³/mol. The minimum atomic E-state index is 0.0699. The minimum Gasteiger partial charge on any atom is -0.0884 e. The highest BCUT2D eigenvalue weighted by atomic mass is 32.1. The molecule has 3 aromatic rings. The van der Waals surface area contributed by atoms with E-state index in [-0.39, 0.29) is 5.41 Å². The number of para-hydroxylation sites is 1. The Hall–Kier alpha value is -1.75. The van der Waals surface area contributed by atoms with Crippen LogP contribution in [-0.4, -0.2) is 14.9 Å². The lowest BCUT2D eigenvalue weighted by atomic mass is 9.93. The third-order valence-corrected chi connectivity index (χ3v) is 3.75. The van der Waals surface area contributed by atoms with E-state index in [0.29, 0.717) is 0 Å². The Morgan fingerprint density at radius 2 is 1.89 bits per heavy atom. The van der Waals surface area contributed by atoms with Gasteiger partial charge in [-0.1, -0.05) is 55.0 Å². The topological polar surface area (TPSA) is 34.1 Å². The van der Waals surface area contributed by atoms with Crippen molar-refractivity contribution >= 4 is 16.3 Å². The minimum absolute atomic E-state index is 0.0699. The molecule has 4 nitrogen and oxygen atoms in total. The molecule has 92 valence electrons. The molecule has 0 aliphatic carbocycles. The Balaban J connectivity index is 2.21. The van der Waals surface area contributed by atoms with Crippen LogP contribution in [-0.2, 0) is 5.41 Å². The second-order valence-electron chi connectivity index (χ2n) is 5.29. The highest BCUT2D eigenvalue weighted by Crippen LogP contribution is 2.25. The van der Waals surface area contributed by atoms with E-state index < -0.39 is 0 Å². The first kappa shape index (κ1) is 11.3. The maximum absolute atomic E-state index is 4.26. The lowest BCUT2D eigenvalue weighted by Gasteiger charge is -2.11. The Morgan fingerprint density at radius 3 is 2.56 bits per heavy atom. The summed E-state index contributed by atoms with van der Waals surface area (Å²) in [6.07, 6.45) is 0. The molecule has 18 heavy (non-hydrogen) atoms. The fraction of sp³-hybridized carbons (Fsp3) is 0.308. The standard InChI is InChI=1S/C13H15N4S/c1-13(2,3)11-9-18-12-16(14-15-17(11)12)10-7-5-4-6-8-10/h4-9H,1-3H3/q+1. The van der Waals surface area contributed by atoms with Gasteiger partial charge in [-0.05, 0) is 16.6 Å². The van der Waals surface area contributed by atoms with Crippen molar-refractivity contribution in [3.8, 4) is 5.69 Å². The number of nitrogens with zero attached hydrogens (tertiary/aromatic N) is 4. The fourth-order valence-corrected chi connectivity index (χ4v) is 3.03. The highest BCUT2D eigenvalue weighted by Gasteiger charge is 2.28. The summed E-state index contributed by atoms with van der Waals surface area (Å²) in [7, 11) is 0. The molecule has 0 unspecified atom stereocenters. The van der Waals surface area contributed by atoms with Crippen molar-refractivity contribution in [2.24, 2.45) is 0 Å². The van der Waals surface area contributed by atoms with E-state index in [9.17, 15) is 0 Å². The van der Waals surface area contributed by atoms with Gasteiger partial charge in [0.1, 0.15) is 16.6 Å². The molecule has 2 aromatic heterocycles. The van der Waals surface area contributed by atoms with Crippen LogP contribution in [0.3, 0.4) is 0 Å². The Kier molecular flexibility index (Phi) is 2.45. The van der Waals surface area contributed by atoms with Crippen LogP contribution in [0.1, 0.15) is 26.5 Å². The van der Waals surface area contributed by atoms with Crippen molar-refractivity contribution in [1.82, 2.24) is 14.9 Å². The number of benzene rings is 1. The SMILES string of the molecule is CC(C)(C)c1csc2n1nn[n+]2-c1ccccc1. The lowest BCUT2D eigenvalue weighted by molar-refractivity contribution is -0.633. The number of rotatable bonds is 1. The number of hydrogen-bond acceptors (Lipinski definition) is 3. The molecule has 0 aliphatic heterocycles. The summed E-state index contributed by atoms with van der Waals surface area (Å²) in [5, 5.41) is 10.7. The highest BCUT2D eigenvalue weighted by molar-refractivity contribution is 7.14. The summed E-state index contributed by atoms with van der Waals surface area (Å²) in [6, 6.07) is 10.1. The monoisotopic (exact) mass is 259 g/mol. The molecule has 0 saturated carbocycles. The maximum atomic E-state index is 4.26. The second-order valence-corrected chi connectivity index (χ2v) is 6.13. The smallest absolute Gasteiger partial charge is 0.0884 e. The fourth-order valence-electron chi connectivity index (χ4n) is 1.88. The Morgan fingerprint density at radius 1 is 1.17 bits per heavy atom. The molecule has 1 aromatic carbocycles. The summed E-state index contributed by atoms with van der Waals surface area (Å²) < 4.78 is 3.80. The third-order valence-electron chi connectivity index (χ3n) is 2.85. The van der Waals surface area contributed by atoms with Crippen LogP contribution >= 0.6 is 11.3 Å². The summed E-state index contributed by atoms with van der Waals surface area (Å²) in [6.45, 7) is 6.55. The second kappa shape index (κ2) is 3.88. The molecule has 5 heteroatoms. The molecule has 0 amide bonds. The predicted octanol–water partition coefficient (Wildman–Crippen LogP) is 2.37. The van der Waals surface area contributed by atoms with Crippen LogP contribution in [0, 0.1) is 0 Å². The van der Waals surface area contributed by atoms with Gasteiger partial charge in [0.2, 0.25) is 0 Å². The molecule has 0 aliphatic rings. The molecule has 0 radical (unpaired) electrons. The third kappa shape index (κ3) is 1.71. The van der Waals surface area contributed by atoms with E-state index >= 15 is 0 Å². The summed E-state index contributed by atoms with van der Waals surface area (Å²) >= 11 is 1.67. The summed E-state index contributed by atoms with van der Waals surface area (Å²) in [5.74, 6) is 0. The van der Waals surface area contributed by atoms with Crippen molar-refractivity contribution in [3.63, 3.8) is 0 Å². The first-order valence-corrected chi connectivity index (χ1v) is 6.76. The first-order chi connectivity index (χ1) is 8.57. The van der Waals surface area contributed by atoms with Crippen LogP contribution in [0.4, 0.5) is 0 Å². The molecule has 3 rings (SSSR count). The number of thiazole rings is 1. The van der Waals surface area contributed by atoms with Crippen molar-refractivity contribution in [2.45, 2.75) is 26.2 Å². The molecular formula is C13H15N4S+. The molecule has 0 saturated heterocycles. The van der Waals surface area contributed by atoms with Gasteiger partial charge in [0.15, 0.2) is 5.21 Å². The molecule has 0 fully saturated rings.